The lowest BCUT2D eigenvalue weighted by Crippen LogP contribution is -2.35. The highest BCUT2D eigenvalue weighted by molar-refractivity contribution is 5.83. The highest BCUT2D eigenvalue weighted by Gasteiger charge is 2.27. The van der Waals surface area contributed by atoms with E-state index >= 15 is 0 Å². The maximum absolute atomic E-state index is 12.4. The fraction of sp³-hybridized carbons (Fsp3) is 0.188. The standard InChI is InChI=1S/C16H16N2O/c17-15(12-6-2-1-3-7-12)16(19)18-10-13-8-4-5-9-14(13)11-18/h1-9,15H,10-11,17H2/t15-/m1/s1. The Morgan fingerprint density at radius 3 is 2.05 bits per heavy atom. The minimum absolute atomic E-state index is 0.0117. The lowest BCUT2D eigenvalue weighted by atomic mass is 10.1. The molecule has 0 unspecified atom stereocenters. The molecule has 3 nitrogen and oxygen atoms in total. The summed E-state index contributed by atoms with van der Waals surface area (Å²) in [6, 6.07) is 17.1. The Labute approximate surface area is 112 Å². The number of benzene rings is 2. The summed E-state index contributed by atoms with van der Waals surface area (Å²) in [5.74, 6) is -0.0117. The molecule has 0 aliphatic carbocycles. The normalized spacial score (nSPS) is 15.1. The van der Waals surface area contributed by atoms with Crippen LogP contribution in [0.1, 0.15) is 22.7 Å². The van der Waals surface area contributed by atoms with Crippen molar-refractivity contribution in [3.8, 4) is 0 Å². The zero-order chi connectivity index (χ0) is 13.2. The van der Waals surface area contributed by atoms with Crippen molar-refractivity contribution in [2.45, 2.75) is 19.1 Å². The highest BCUT2D eigenvalue weighted by atomic mass is 16.2. The zero-order valence-corrected chi connectivity index (χ0v) is 10.6. The Kier molecular flexibility index (Phi) is 3.05. The Morgan fingerprint density at radius 2 is 1.47 bits per heavy atom. The van der Waals surface area contributed by atoms with E-state index < -0.39 is 6.04 Å². The van der Waals surface area contributed by atoms with Gasteiger partial charge in [-0.1, -0.05) is 54.6 Å². The van der Waals surface area contributed by atoms with Gasteiger partial charge in [-0.25, -0.2) is 0 Å². The molecule has 1 atom stereocenters. The molecule has 2 aromatic carbocycles. The average Bonchev–Trinajstić information content (AvgIpc) is 2.90. The van der Waals surface area contributed by atoms with Crippen molar-refractivity contribution in [1.29, 1.82) is 0 Å². The van der Waals surface area contributed by atoms with Crippen molar-refractivity contribution in [2.24, 2.45) is 5.73 Å². The minimum Gasteiger partial charge on any atom is -0.332 e. The molecule has 0 saturated heterocycles. The predicted molar refractivity (Wildman–Crippen MR) is 74.1 cm³/mol. The van der Waals surface area contributed by atoms with Crippen LogP contribution in [0.15, 0.2) is 54.6 Å². The fourth-order valence-corrected chi connectivity index (χ4v) is 2.49. The topological polar surface area (TPSA) is 46.3 Å². The molecule has 0 aromatic heterocycles. The van der Waals surface area contributed by atoms with Crippen LogP contribution in [0.5, 0.6) is 0 Å². The first-order chi connectivity index (χ1) is 9.25. The van der Waals surface area contributed by atoms with Gasteiger partial charge in [0.05, 0.1) is 0 Å². The molecule has 0 spiro atoms. The summed E-state index contributed by atoms with van der Waals surface area (Å²) in [5.41, 5.74) is 9.36. The van der Waals surface area contributed by atoms with Gasteiger partial charge < -0.3 is 10.6 Å². The molecule has 0 fully saturated rings. The smallest absolute Gasteiger partial charge is 0.244 e. The minimum atomic E-state index is -0.574. The van der Waals surface area contributed by atoms with E-state index in [1.807, 2.05) is 47.4 Å². The Morgan fingerprint density at radius 1 is 0.947 bits per heavy atom. The number of carbonyl (C=O) groups excluding carboxylic acids is 1. The SMILES string of the molecule is N[C@@H](C(=O)N1Cc2ccccc2C1)c1ccccc1. The molecule has 1 aliphatic rings. The third-order valence-corrected chi connectivity index (χ3v) is 3.58. The first-order valence-electron chi connectivity index (χ1n) is 6.42. The first-order valence-corrected chi connectivity index (χ1v) is 6.42. The van der Waals surface area contributed by atoms with Crippen LogP contribution in [0.25, 0.3) is 0 Å². The van der Waals surface area contributed by atoms with E-state index in [4.69, 9.17) is 5.73 Å². The van der Waals surface area contributed by atoms with Crippen LogP contribution in [0.3, 0.4) is 0 Å². The summed E-state index contributed by atoms with van der Waals surface area (Å²) < 4.78 is 0. The predicted octanol–water partition coefficient (Wildman–Crippen LogP) is 2.23. The van der Waals surface area contributed by atoms with E-state index in [9.17, 15) is 4.79 Å². The summed E-state index contributed by atoms with van der Waals surface area (Å²) >= 11 is 0. The summed E-state index contributed by atoms with van der Waals surface area (Å²) in [4.78, 5) is 14.2. The summed E-state index contributed by atoms with van der Waals surface area (Å²) in [6.45, 7) is 1.32. The number of hydrogen-bond acceptors (Lipinski definition) is 2. The second kappa shape index (κ2) is 4.86. The van der Waals surface area contributed by atoms with Crippen molar-refractivity contribution in [3.05, 3.63) is 71.3 Å². The molecule has 0 radical (unpaired) electrons. The number of fused-ring (bicyclic) bond motifs is 1. The van der Waals surface area contributed by atoms with E-state index in [0.717, 1.165) is 5.56 Å². The second-order valence-electron chi connectivity index (χ2n) is 4.85. The van der Waals surface area contributed by atoms with Gasteiger partial charge in [0.15, 0.2) is 0 Å². The maximum Gasteiger partial charge on any atom is 0.244 e. The van der Waals surface area contributed by atoms with Gasteiger partial charge in [0.25, 0.3) is 0 Å². The molecule has 2 aromatic rings. The molecule has 0 bridgehead atoms. The van der Waals surface area contributed by atoms with E-state index in [1.165, 1.54) is 11.1 Å². The Hall–Kier alpha value is -2.13. The molecule has 1 aliphatic heterocycles. The molecule has 0 saturated carbocycles. The second-order valence-corrected chi connectivity index (χ2v) is 4.85. The van der Waals surface area contributed by atoms with Gasteiger partial charge in [-0.05, 0) is 16.7 Å². The molecular weight excluding hydrogens is 236 g/mol. The molecule has 3 rings (SSSR count). The number of nitrogens with zero attached hydrogens (tertiary/aromatic N) is 1. The number of nitrogens with two attached hydrogens (primary N) is 1. The number of carbonyl (C=O) groups is 1. The van der Waals surface area contributed by atoms with Crippen molar-refractivity contribution >= 4 is 5.91 Å². The van der Waals surface area contributed by atoms with Crippen LogP contribution in [-0.2, 0) is 17.9 Å². The molecule has 19 heavy (non-hydrogen) atoms. The number of amides is 1. The third-order valence-electron chi connectivity index (χ3n) is 3.58. The van der Waals surface area contributed by atoms with Crippen LogP contribution in [0, 0.1) is 0 Å². The summed E-state index contributed by atoms with van der Waals surface area (Å²) in [7, 11) is 0. The third kappa shape index (κ3) is 2.25. The molecule has 2 N–H and O–H groups in total. The van der Waals surface area contributed by atoms with Gasteiger partial charge in [-0.2, -0.15) is 0 Å². The molecule has 3 heteroatoms. The molecular formula is C16H16N2O. The van der Waals surface area contributed by atoms with Gasteiger partial charge in [0, 0.05) is 13.1 Å². The average molecular weight is 252 g/mol. The molecule has 1 heterocycles. The zero-order valence-electron chi connectivity index (χ0n) is 10.6. The Balaban J connectivity index is 1.77. The van der Waals surface area contributed by atoms with Crippen LogP contribution < -0.4 is 5.73 Å². The quantitative estimate of drug-likeness (QED) is 0.891. The van der Waals surface area contributed by atoms with Gasteiger partial charge >= 0.3 is 0 Å². The van der Waals surface area contributed by atoms with Gasteiger partial charge in [0.2, 0.25) is 5.91 Å². The van der Waals surface area contributed by atoms with Gasteiger partial charge in [-0.15, -0.1) is 0 Å². The summed E-state index contributed by atoms with van der Waals surface area (Å²) in [5, 5.41) is 0. The monoisotopic (exact) mass is 252 g/mol. The van der Waals surface area contributed by atoms with Crippen LogP contribution in [-0.4, -0.2) is 10.8 Å². The van der Waals surface area contributed by atoms with Crippen molar-refractivity contribution in [3.63, 3.8) is 0 Å². The lowest BCUT2D eigenvalue weighted by Gasteiger charge is -2.20. The highest BCUT2D eigenvalue weighted by Crippen LogP contribution is 2.25. The molecule has 1 amide bonds. The maximum atomic E-state index is 12.4. The number of rotatable bonds is 2. The van der Waals surface area contributed by atoms with Crippen molar-refractivity contribution in [2.75, 3.05) is 0 Å². The van der Waals surface area contributed by atoms with Crippen LogP contribution in [0.4, 0.5) is 0 Å². The molecule has 96 valence electrons. The number of hydrogen-bond donors (Lipinski definition) is 1. The van der Waals surface area contributed by atoms with Crippen LogP contribution >= 0.6 is 0 Å². The lowest BCUT2D eigenvalue weighted by molar-refractivity contribution is -0.133. The van der Waals surface area contributed by atoms with E-state index in [1.54, 1.807) is 0 Å². The van der Waals surface area contributed by atoms with E-state index in [2.05, 4.69) is 12.1 Å². The van der Waals surface area contributed by atoms with Crippen molar-refractivity contribution < 1.29 is 4.79 Å². The van der Waals surface area contributed by atoms with E-state index in [0.29, 0.717) is 13.1 Å². The van der Waals surface area contributed by atoms with Crippen LogP contribution in [0.2, 0.25) is 0 Å². The first kappa shape index (κ1) is 11.9. The fourth-order valence-electron chi connectivity index (χ4n) is 2.49. The van der Waals surface area contributed by atoms with Gasteiger partial charge in [-0.3, -0.25) is 4.79 Å². The summed E-state index contributed by atoms with van der Waals surface area (Å²) in [6.07, 6.45) is 0. The van der Waals surface area contributed by atoms with Gasteiger partial charge in [0.1, 0.15) is 6.04 Å². The van der Waals surface area contributed by atoms with Crippen molar-refractivity contribution in [1.82, 2.24) is 4.90 Å². The van der Waals surface area contributed by atoms with E-state index in [-0.39, 0.29) is 5.91 Å². The largest absolute Gasteiger partial charge is 0.332 e. The Bertz CT molecular complexity index is 570.